The minimum Gasteiger partial charge on any atom is -0.371 e. The van der Waals surface area contributed by atoms with Gasteiger partial charge in [0.1, 0.15) is 5.15 Å². The molecule has 3 rings (SSSR count). The molecule has 0 spiro atoms. The summed E-state index contributed by atoms with van der Waals surface area (Å²) in [7, 11) is 0. The standard InChI is InChI=1S/C17H18ClN3O2/c18-16-6-5-14(10-20-16)17(22)21-9-12-1-3-13(4-2-12)15-11-19-7-8-23-15/h1-6,10,15,19H,7-9,11H2,(H,21,22)/t15-/m1/s1. The van der Waals surface area contributed by atoms with E-state index in [-0.39, 0.29) is 12.0 Å². The van der Waals surface area contributed by atoms with E-state index in [9.17, 15) is 4.79 Å². The Bertz CT molecular complexity index is 653. The third-order valence-corrected chi connectivity index (χ3v) is 3.95. The minimum atomic E-state index is -0.168. The zero-order valence-corrected chi connectivity index (χ0v) is 13.3. The smallest absolute Gasteiger partial charge is 0.253 e. The minimum absolute atomic E-state index is 0.104. The normalized spacial score (nSPS) is 17.7. The summed E-state index contributed by atoms with van der Waals surface area (Å²) in [6.07, 6.45) is 1.57. The van der Waals surface area contributed by atoms with Crippen molar-refractivity contribution in [1.82, 2.24) is 15.6 Å². The van der Waals surface area contributed by atoms with Gasteiger partial charge in [-0.3, -0.25) is 4.79 Å². The van der Waals surface area contributed by atoms with E-state index in [1.165, 1.54) is 6.20 Å². The van der Waals surface area contributed by atoms with Crippen molar-refractivity contribution in [2.75, 3.05) is 19.7 Å². The molecule has 0 unspecified atom stereocenters. The Morgan fingerprint density at radius 2 is 2.13 bits per heavy atom. The molecule has 1 fully saturated rings. The average Bonchev–Trinajstić information content (AvgIpc) is 2.61. The quantitative estimate of drug-likeness (QED) is 0.844. The second-order valence-electron chi connectivity index (χ2n) is 5.36. The molecule has 1 aliphatic rings. The molecule has 0 aliphatic carbocycles. The van der Waals surface area contributed by atoms with Crippen LogP contribution in [-0.2, 0) is 11.3 Å². The van der Waals surface area contributed by atoms with Crippen molar-refractivity contribution in [2.24, 2.45) is 0 Å². The SMILES string of the molecule is O=C(NCc1ccc([C@H]2CNCCO2)cc1)c1ccc(Cl)nc1. The molecule has 1 saturated heterocycles. The molecule has 2 aromatic rings. The van der Waals surface area contributed by atoms with Crippen LogP contribution in [0.5, 0.6) is 0 Å². The highest BCUT2D eigenvalue weighted by atomic mass is 35.5. The number of hydrogen-bond donors (Lipinski definition) is 2. The molecule has 23 heavy (non-hydrogen) atoms. The van der Waals surface area contributed by atoms with Crippen LogP contribution in [0.25, 0.3) is 0 Å². The van der Waals surface area contributed by atoms with Crippen LogP contribution < -0.4 is 10.6 Å². The van der Waals surface area contributed by atoms with Gasteiger partial charge in [0.2, 0.25) is 0 Å². The fraction of sp³-hybridized carbons (Fsp3) is 0.294. The molecular weight excluding hydrogens is 314 g/mol. The molecule has 1 amide bonds. The van der Waals surface area contributed by atoms with Crippen molar-refractivity contribution in [3.05, 3.63) is 64.4 Å². The van der Waals surface area contributed by atoms with Gasteiger partial charge < -0.3 is 15.4 Å². The summed E-state index contributed by atoms with van der Waals surface area (Å²) in [6.45, 7) is 2.93. The van der Waals surface area contributed by atoms with Gasteiger partial charge in [0.05, 0.1) is 18.3 Å². The van der Waals surface area contributed by atoms with Crippen molar-refractivity contribution < 1.29 is 9.53 Å². The monoisotopic (exact) mass is 331 g/mol. The average molecular weight is 332 g/mol. The van der Waals surface area contributed by atoms with Crippen molar-refractivity contribution in [3.8, 4) is 0 Å². The van der Waals surface area contributed by atoms with E-state index < -0.39 is 0 Å². The van der Waals surface area contributed by atoms with E-state index in [0.29, 0.717) is 17.3 Å². The Kier molecular flexibility index (Phi) is 5.23. The summed E-state index contributed by atoms with van der Waals surface area (Å²) in [5.74, 6) is -0.168. The summed E-state index contributed by atoms with van der Waals surface area (Å²) < 4.78 is 5.72. The second kappa shape index (κ2) is 7.55. The second-order valence-corrected chi connectivity index (χ2v) is 5.74. The highest BCUT2D eigenvalue weighted by Crippen LogP contribution is 2.19. The van der Waals surface area contributed by atoms with Crippen LogP contribution in [0.15, 0.2) is 42.6 Å². The maximum atomic E-state index is 12.0. The van der Waals surface area contributed by atoms with Gasteiger partial charge in [0.15, 0.2) is 0 Å². The number of amides is 1. The summed E-state index contributed by atoms with van der Waals surface area (Å²) in [4.78, 5) is 15.9. The van der Waals surface area contributed by atoms with Crippen molar-refractivity contribution in [2.45, 2.75) is 12.6 Å². The number of hydrogen-bond acceptors (Lipinski definition) is 4. The lowest BCUT2D eigenvalue weighted by Crippen LogP contribution is -2.33. The van der Waals surface area contributed by atoms with Gasteiger partial charge in [-0.15, -0.1) is 0 Å². The van der Waals surface area contributed by atoms with E-state index in [1.54, 1.807) is 12.1 Å². The van der Waals surface area contributed by atoms with Gasteiger partial charge in [-0.05, 0) is 23.3 Å². The zero-order chi connectivity index (χ0) is 16.1. The van der Waals surface area contributed by atoms with Crippen LogP contribution in [0, 0.1) is 0 Å². The number of nitrogens with zero attached hydrogens (tertiary/aromatic N) is 1. The number of ether oxygens (including phenoxy) is 1. The number of benzene rings is 1. The largest absolute Gasteiger partial charge is 0.371 e. The number of morpholine rings is 1. The lowest BCUT2D eigenvalue weighted by molar-refractivity contribution is 0.0277. The Hall–Kier alpha value is -1.95. The number of rotatable bonds is 4. The van der Waals surface area contributed by atoms with Gasteiger partial charge in [-0.25, -0.2) is 4.98 Å². The lowest BCUT2D eigenvalue weighted by atomic mass is 10.1. The molecule has 2 heterocycles. The molecule has 0 bridgehead atoms. The van der Waals surface area contributed by atoms with Crippen LogP contribution in [0.4, 0.5) is 0 Å². The van der Waals surface area contributed by atoms with Crippen LogP contribution in [-0.4, -0.2) is 30.6 Å². The molecule has 6 heteroatoms. The summed E-state index contributed by atoms with van der Waals surface area (Å²) in [5, 5.41) is 6.55. The molecule has 120 valence electrons. The number of nitrogens with one attached hydrogen (secondary N) is 2. The van der Waals surface area contributed by atoms with E-state index in [0.717, 1.165) is 30.8 Å². The van der Waals surface area contributed by atoms with E-state index in [4.69, 9.17) is 16.3 Å². The molecule has 5 nitrogen and oxygen atoms in total. The van der Waals surface area contributed by atoms with Gasteiger partial charge in [0.25, 0.3) is 5.91 Å². The molecule has 0 radical (unpaired) electrons. The highest BCUT2D eigenvalue weighted by Gasteiger charge is 2.15. The van der Waals surface area contributed by atoms with E-state index in [2.05, 4.69) is 15.6 Å². The van der Waals surface area contributed by atoms with Crippen molar-refractivity contribution in [1.29, 1.82) is 0 Å². The van der Waals surface area contributed by atoms with Gasteiger partial charge >= 0.3 is 0 Å². The van der Waals surface area contributed by atoms with Gasteiger partial charge in [-0.2, -0.15) is 0 Å². The van der Waals surface area contributed by atoms with Crippen LogP contribution in [0.1, 0.15) is 27.6 Å². The first kappa shape index (κ1) is 15.9. The molecule has 1 atom stereocenters. The summed E-state index contributed by atoms with van der Waals surface area (Å²) >= 11 is 5.71. The first-order chi connectivity index (χ1) is 11.2. The topological polar surface area (TPSA) is 63.2 Å². The van der Waals surface area contributed by atoms with Crippen LogP contribution >= 0.6 is 11.6 Å². The highest BCUT2D eigenvalue weighted by molar-refractivity contribution is 6.29. The maximum Gasteiger partial charge on any atom is 0.253 e. The zero-order valence-electron chi connectivity index (χ0n) is 12.6. The van der Waals surface area contributed by atoms with Gasteiger partial charge in [-0.1, -0.05) is 35.9 Å². The lowest BCUT2D eigenvalue weighted by Gasteiger charge is -2.24. The predicted molar refractivity (Wildman–Crippen MR) is 88.4 cm³/mol. The van der Waals surface area contributed by atoms with Crippen molar-refractivity contribution in [3.63, 3.8) is 0 Å². The maximum absolute atomic E-state index is 12.0. The van der Waals surface area contributed by atoms with Gasteiger partial charge in [0, 0.05) is 25.8 Å². The Morgan fingerprint density at radius 1 is 1.30 bits per heavy atom. The molecule has 1 aromatic heterocycles. The third-order valence-electron chi connectivity index (χ3n) is 3.72. The molecule has 1 aromatic carbocycles. The number of pyridine rings is 1. The predicted octanol–water partition coefficient (Wildman–Crippen LogP) is 2.33. The third kappa shape index (κ3) is 4.28. The summed E-state index contributed by atoms with van der Waals surface area (Å²) in [6, 6.07) is 11.4. The number of aromatic nitrogens is 1. The van der Waals surface area contributed by atoms with E-state index in [1.807, 2.05) is 24.3 Å². The molecule has 1 aliphatic heterocycles. The van der Waals surface area contributed by atoms with E-state index >= 15 is 0 Å². The Balaban J connectivity index is 1.55. The molecule has 0 saturated carbocycles. The molecular formula is C17H18ClN3O2. The first-order valence-electron chi connectivity index (χ1n) is 7.53. The van der Waals surface area contributed by atoms with Crippen molar-refractivity contribution >= 4 is 17.5 Å². The van der Waals surface area contributed by atoms with Crippen LogP contribution in [0.3, 0.4) is 0 Å². The van der Waals surface area contributed by atoms with Crippen LogP contribution in [0.2, 0.25) is 5.15 Å². The number of halogens is 1. The Morgan fingerprint density at radius 3 is 2.78 bits per heavy atom. The Labute approximate surface area is 140 Å². The fourth-order valence-corrected chi connectivity index (χ4v) is 2.54. The first-order valence-corrected chi connectivity index (χ1v) is 7.91. The summed E-state index contributed by atoms with van der Waals surface area (Å²) in [5.41, 5.74) is 2.68. The number of carbonyl (C=O) groups is 1. The fourth-order valence-electron chi connectivity index (χ4n) is 2.42. The number of carbonyl (C=O) groups excluding carboxylic acids is 1. The molecule has 2 N–H and O–H groups in total.